The van der Waals surface area contributed by atoms with E-state index in [1.54, 1.807) is 0 Å². The topological polar surface area (TPSA) is 152 Å². The van der Waals surface area contributed by atoms with Gasteiger partial charge in [0.15, 0.2) is 0 Å². The van der Waals surface area contributed by atoms with Crippen molar-refractivity contribution in [2.45, 2.75) is 274 Å². The summed E-state index contributed by atoms with van der Waals surface area (Å²) in [5.41, 5.74) is 21.8. The molecule has 616 valence electrons. The number of nitrogens with zero attached hydrogens (tertiary/aromatic N) is 2. The van der Waals surface area contributed by atoms with Crippen LogP contribution in [-0.2, 0) is 113 Å². The van der Waals surface area contributed by atoms with Crippen LogP contribution < -0.4 is 18.9 Å². The first-order chi connectivity index (χ1) is 54.6. The van der Waals surface area contributed by atoms with Gasteiger partial charge < -0.3 is 44.1 Å². The monoisotopic (exact) mass is 1570 g/mol. The third kappa shape index (κ3) is 19.5. The van der Waals surface area contributed by atoms with E-state index in [1.165, 1.54) is 0 Å². The number of fused-ring (bicyclic) bond motifs is 8. The number of ether oxygens (including phenoxy) is 5. The van der Waals surface area contributed by atoms with Gasteiger partial charge in [-0.3, -0.25) is 0 Å². The number of hydrogen-bond donors (Lipinski definition) is 4. The van der Waals surface area contributed by atoms with E-state index in [1.807, 2.05) is 36.4 Å². The Balaban J connectivity index is 1.20. The summed E-state index contributed by atoms with van der Waals surface area (Å²) in [5, 5.41) is 64.2. The minimum Gasteiger partial charge on any atom is -0.507 e. The normalized spacial score (nSPS) is 15.0. The van der Waals surface area contributed by atoms with E-state index < -0.39 is 0 Å². The van der Waals surface area contributed by atoms with Gasteiger partial charge in [-0.05, 0) is 212 Å². The van der Waals surface area contributed by atoms with Gasteiger partial charge in [0.25, 0.3) is 0 Å². The fraction of sp³-hybridized carbons (Fsp3) is 0.434. The van der Waals surface area contributed by atoms with Gasteiger partial charge in [-0.25, -0.2) is 0 Å². The first-order valence-corrected chi connectivity index (χ1v) is 42.3. The van der Waals surface area contributed by atoms with E-state index in [0.29, 0.717) is 85.7 Å². The van der Waals surface area contributed by atoms with Crippen molar-refractivity contribution in [3.8, 4) is 46.0 Å². The quantitative estimate of drug-likeness (QED) is 0.109. The van der Waals surface area contributed by atoms with Crippen molar-refractivity contribution in [3.63, 3.8) is 0 Å². The highest BCUT2D eigenvalue weighted by atomic mass is 16.5. The van der Waals surface area contributed by atoms with Crippen molar-refractivity contribution in [1.29, 1.82) is 0 Å². The average Bonchev–Trinajstić information content (AvgIpc) is 0.790. The van der Waals surface area contributed by atoms with Crippen molar-refractivity contribution in [3.05, 3.63) is 290 Å². The summed E-state index contributed by atoms with van der Waals surface area (Å²) < 4.78 is 36.4. The van der Waals surface area contributed by atoms with E-state index in [4.69, 9.17) is 33.9 Å². The molecule has 0 atom stereocenters. The van der Waals surface area contributed by atoms with Crippen LogP contribution in [0.25, 0.3) is 0 Å². The van der Waals surface area contributed by atoms with Gasteiger partial charge >= 0.3 is 0 Å². The summed E-state index contributed by atoms with van der Waals surface area (Å²) in [6, 6.07) is 51.6. The lowest BCUT2D eigenvalue weighted by atomic mass is 9.79. The fourth-order valence-corrected chi connectivity index (χ4v) is 16.4. The molecule has 24 bridgehead atoms. The SMILES string of the molecule is CC(C)(C)c1cc2c(O)c(c1)Cc1cc(C(C)(C)C)cc3c1OCc1cccc(c1)N=Nc1cccc(c1)COc1c4cc(C(C)(C)C)cc1Cc1cc(C(C)(C)C)cc(c1O)Cc1cc(C(C)(C)C)cc(c1OCCOCCOc1c(cc(C(C)(C)C)cc1Cc1cc(C(C)(C)C)cc(c1O)C4)C2)Cc1cc(C(C)(C)C)cc(c1O)C3. The Morgan fingerprint density at radius 1 is 0.222 bits per heavy atom. The minimum atomic E-state index is -0.365. The van der Waals surface area contributed by atoms with Crippen LogP contribution in [0, 0.1) is 0 Å². The van der Waals surface area contributed by atoms with Gasteiger partial charge in [-0.15, -0.1) is 0 Å². The number of benzene rings is 10. The lowest BCUT2D eigenvalue weighted by Crippen LogP contribution is -2.18. The Bertz CT molecular complexity index is 4890. The molecule has 11 nitrogen and oxygen atoms in total. The van der Waals surface area contributed by atoms with Crippen LogP contribution in [-0.4, -0.2) is 46.9 Å². The van der Waals surface area contributed by atoms with Crippen molar-refractivity contribution in [1.82, 2.24) is 0 Å². The van der Waals surface area contributed by atoms with Gasteiger partial charge in [0.1, 0.15) is 72.4 Å². The molecule has 0 aromatic heterocycles. The maximum atomic E-state index is 13.6. The highest BCUT2D eigenvalue weighted by Crippen LogP contribution is 2.49. The van der Waals surface area contributed by atoms with E-state index in [2.05, 4.69) is 275 Å². The minimum absolute atomic E-state index is 0.165. The van der Waals surface area contributed by atoms with Crippen LogP contribution in [0.3, 0.4) is 0 Å². The van der Waals surface area contributed by atoms with Crippen LogP contribution in [0.2, 0.25) is 0 Å². The molecular weight excluding hydrogens is 1450 g/mol. The zero-order valence-corrected chi connectivity index (χ0v) is 74.5. The van der Waals surface area contributed by atoms with E-state index in [-0.39, 0.29) is 106 Å². The second-order valence-corrected chi connectivity index (χ2v) is 41.9. The largest absolute Gasteiger partial charge is 0.507 e. The smallest absolute Gasteiger partial charge is 0.126 e. The third-order valence-electron chi connectivity index (χ3n) is 23.8. The zero-order valence-electron chi connectivity index (χ0n) is 74.5. The zero-order chi connectivity index (χ0) is 84.6. The number of rotatable bonds is 0. The molecule has 4 heterocycles. The average molecular weight is 1570 g/mol. The Hall–Kier alpha value is -9.84. The van der Waals surface area contributed by atoms with Crippen LogP contribution in [0.1, 0.15) is 311 Å². The third-order valence-corrected chi connectivity index (χ3v) is 23.8. The Morgan fingerprint density at radius 3 is 0.590 bits per heavy atom. The molecule has 4 aliphatic rings. The van der Waals surface area contributed by atoms with Crippen LogP contribution >= 0.6 is 0 Å². The highest BCUT2D eigenvalue weighted by molar-refractivity contribution is 5.63. The summed E-state index contributed by atoms with van der Waals surface area (Å²) in [6.07, 6.45) is 2.39. The van der Waals surface area contributed by atoms with Gasteiger partial charge in [0.05, 0.1) is 24.6 Å². The number of phenolic OH excluding ortho intramolecular Hbond substituents is 4. The maximum Gasteiger partial charge on any atom is 0.126 e. The summed E-state index contributed by atoms with van der Waals surface area (Å²) >= 11 is 0. The first kappa shape index (κ1) is 85.1. The van der Waals surface area contributed by atoms with E-state index in [0.717, 1.165) is 145 Å². The molecule has 0 spiro atoms. The predicted molar refractivity (Wildman–Crippen MR) is 478 cm³/mol. The molecule has 0 unspecified atom stereocenters. The van der Waals surface area contributed by atoms with E-state index >= 15 is 0 Å². The van der Waals surface area contributed by atoms with Gasteiger partial charge in [-0.1, -0.05) is 287 Å². The molecule has 4 aliphatic heterocycles. The maximum absolute atomic E-state index is 13.6. The first-order valence-electron chi connectivity index (χ1n) is 42.3. The lowest BCUT2D eigenvalue weighted by Gasteiger charge is -2.28. The summed E-state index contributed by atoms with van der Waals surface area (Å²) in [7, 11) is 0. The van der Waals surface area contributed by atoms with Gasteiger partial charge in [-0.2, -0.15) is 10.2 Å². The molecule has 0 aliphatic carbocycles. The molecule has 0 fully saturated rings. The summed E-state index contributed by atoms with van der Waals surface area (Å²) in [6.45, 7) is 54.7. The molecule has 0 saturated heterocycles. The second-order valence-electron chi connectivity index (χ2n) is 41.9. The Labute approximate surface area is 698 Å². The molecular formula is C106H128N2O9. The molecule has 0 radical (unpaired) electrons. The standard InChI is InChI=1S/C106H128N2O9/c1-99(2,3)81-45-65-37-73-53-85(103(13,14)15)54-74-38-66-46-82(100(4,5)6)51-71(92(66)110)43-79-59-88(106(22,23)24)60-80-44-72-52-84(102(10,11)12)48-68(94(72)112)40-76-56-86(104(16,17)18)55-75(96(76)115-34-32-113-31-33-114-95(73)74)39-67-47-83(101(7,8)9)50-70(93(67)111)42-78-58-87(105(19,20)21)57-77(41-69(49-81)91(65)109)97(78)116-61-63-27-25-29-89(35-63)107-108-90-30-26-28-64(36-90)62-117-98(79)80/h25-30,35-36,45-60,109-112H,31-34,37-44,61-62H2,1-24H3. The van der Waals surface area contributed by atoms with Crippen LogP contribution in [0.5, 0.6) is 46.0 Å². The summed E-state index contributed by atoms with van der Waals surface area (Å²) in [5.74, 6) is 3.38. The summed E-state index contributed by atoms with van der Waals surface area (Å²) in [4.78, 5) is 0. The molecule has 10 aromatic carbocycles. The van der Waals surface area contributed by atoms with Crippen molar-refractivity contribution >= 4 is 11.4 Å². The van der Waals surface area contributed by atoms with Gasteiger partial charge in [0.2, 0.25) is 0 Å². The molecule has 11 heteroatoms. The number of hydrogen-bond acceptors (Lipinski definition) is 11. The molecule has 0 saturated carbocycles. The molecule has 0 amide bonds. The van der Waals surface area contributed by atoms with E-state index in [9.17, 15) is 20.4 Å². The highest BCUT2D eigenvalue weighted by Gasteiger charge is 2.33. The van der Waals surface area contributed by atoms with Crippen LogP contribution in [0.15, 0.2) is 156 Å². The van der Waals surface area contributed by atoms with Crippen molar-refractivity contribution in [2.24, 2.45) is 10.2 Å². The molecule has 4 N–H and O–H groups in total. The van der Waals surface area contributed by atoms with Crippen molar-refractivity contribution in [2.75, 3.05) is 26.4 Å². The fourth-order valence-electron chi connectivity index (χ4n) is 16.4. The molecule has 14 rings (SSSR count). The molecule has 10 aromatic rings. The van der Waals surface area contributed by atoms with Crippen LogP contribution in [0.4, 0.5) is 11.4 Å². The Morgan fingerprint density at radius 2 is 0.402 bits per heavy atom. The Kier molecular flexibility index (Phi) is 23.4. The van der Waals surface area contributed by atoms with Gasteiger partial charge in [0, 0.05) is 51.4 Å². The predicted octanol–water partition coefficient (Wildman–Crippen LogP) is 25.6. The molecule has 117 heavy (non-hydrogen) atoms. The second kappa shape index (κ2) is 32.1. The number of azo groups is 1. The number of aromatic hydroxyl groups is 4. The van der Waals surface area contributed by atoms with Crippen molar-refractivity contribution < 1.29 is 44.1 Å². The number of phenols is 4. The lowest BCUT2D eigenvalue weighted by molar-refractivity contribution is 0.0756.